The van der Waals surface area contributed by atoms with Gasteiger partial charge in [0.15, 0.2) is 0 Å². The van der Waals surface area contributed by atoms with E-state index < -0.39 is 0 Å². The van der Waals surface area contributed by atoms with E-state index in [0.29, 0.717) is 29.7 Å². The van der Waals surface area contributed by atoms with Crippen LogP contribution in [-0.4, -0.2) is 74.5 Å². The number of morpholine rings is 1. The van der Waals surface area contributed by atoms with E-state index in [9.17, 15) is 0 Å². The summed E-state index contributed by atoms with van der Waals surface area (Å²) in [5.74, 6) is 2.50. The van der Waals surface area contributed by atoms with E-state index in [4.69, 9.17) is 14.2 Å². The van der Waals surface area contributed by atoms with Gasteiger partial charge < -0.3 is 19.1 Å². The standard InChI is InChI=1S/C17H28N4O3/c1-13(20-8-10-24-11-9-20)14-4-6-21(7-5-14)17-18-15(22-2)12-16(19-17)23-3/h12-14H,4-11H2,1-3H3/t13-/m1/s1. The molecule has 2 aliphatic rings. The zero-order valence-electron chi connectivity index (χ0n) is 14.9. The summed E-state index contributed by atoms with van der Waals surface area (Å²) < 4.78 is 16.0. The Kier molecular flexibility index (Phi) is 5.73. The molecule has 2 saturated heterocycles. The van der Waals surface area contributed by atoms with E-state index in [2.05, 4.69) is 26.7 Å². The molecular weight excluding hydrogens is 308 g/mol. The minimum Gasteiger partial charge on any atom is -0.481 e. The van der Waals surface area contributed by atoms with Crippen molar-refractivity contribution in [2.24, 2.45) is 5.92 Å². The SMILES string of the molecule is COc1cc(OC)nc(N2CCC([C@@H](C)N3CCOCC3)CC2)n1. The molecule has 0 bridgehead atoms. The Morgan fingerprint density at radius 3 is 2.17 bits per heavy atom. The van der Waals surface area contributed by atoms with Crippen molar-refractivity contribution in [3.8, 4) is 11.8 Å². The highest BCUT2D eigenvalue weighted by molar-refractivity contribution is 5.37. The first-order chi connectivity index (χ1) is 11.7. The molecule has 3 rings (SSSR count). The predicted molar refractivity (Wildman–Crippen MR) is 91.9 cm³/mol. The minimum atomic E-state index is 0.542. The molecule has 0 saturated carbocycles. The molecule has 24 heavy (non-hydrogen) atoms. The molecule has 0 amide bonds. The Hall–Kier alpha value is -1.60. The number of hydrogen-bond acceptors (Lipinski definition) is 7. The van der Waals surface area contributed by atoms with Crippen molar-refractivity contribution >= 4 is 5.95 Å². The van der Waals surface area contributed by atoms with Gasteiger partial charge in [-0.15, -0.1) is 0 Å². The highest BCUT2D eigenvalue weighted by atomic mass is 16.5. The number of anilines is 1. The molecule has 0 unspecified atom stereocenters. The average Bonchev–Trinajstić information content (AvgIpc) is 2.67. The van der Waals surface area contributed by atoms with E-state index in [1.807, 2.05) is 0 Å². The smallest absolute Gasteiger partial charge is 0.231 e. The summed E-state index contributed by atoms with van der Waals surface area (Å²) in [5.41, 5.74) is 0. The lowest BCUT2D eigenvalue weighted by Gasteiger charge is -2.41. The number of ether oxygens (including phenoxy) is 3. The van der Waals surface area contributed by atoms with Crippen molar-refractivity contribution in [1.29, 1.82) is 0 Å². The normalized spacial score (nSPS) is 21.5. The molecule has 0 spiro atoms. The molecule has 0 aromatic carbocycles. The van der Waals surface area contributed by atoms with Crippen molar-refractivity contribution in [2.75, 3.05) is 58.5 Å². The maximum Gasteiger partial charge on any atom is 0.231 e. The second-order valence-electron chi connectivity index (χ2n) is 6.47. The summed E-state index contributed by atoms with van der Waals surface area (Å²) in [7, 11) is 3.23. The highest BCUT2D eigenvalue weighted by Gasteiger charge is 2.29. The van der Waals surface area contributed by atoms with Gasteiger partial charge in [0.25, 0.3) is 0 Å². The third-order valence-electron chi connectivity index (χ3n) is 5.21. The van der Waals surface area contributed by atoms with E-state index in [1.54, 1.807) is 20.3 Å². The molecule has 2 aliphatic heterocycles. The number of aromatic nitrogens is 2. The van der Waals surface area contributed by atoms with Gasteiger partial charge in [-0.2, -0.15) is 9.97 Å². The van der Waals surface area contributed by atoms with Gasteiger partial charge in [0.2, 0.25) is 17.7 Å². The van der Waals surface area contributed by atoms with E-state index in [0.717, 1.165) is 52.2 Å². The van der Waals surface area contributed by atoms with Gasteiger partial charge in [-0.3, -0.25) is 4.90 Å². The van der Waals surface area contributed by atoms with Crippen LogP contribution in [0, 0.1) is 5.92 Å². The fourth-order valence-corrected chi connectivity index (χ4v) is 3.61. The summed E-state index contributed by atoms with van der Waals surface area (Å²) in [6.45, 7) is 8.12. The molecule has 0 radical (unpaired) electrons. The molecule has 7 heteroatoms. The fraction of sp³-hybridized carbons (Fsp3) is 0.765. The maximum absolute atomic E-state index is 5.47. The molecule has 2 fully saturated rings. The predicted octanol–water partition coefficient (Wildman–Crippen LogP) is 1.43. The molecule has 0 N–H and O–H groups in total. The van der Waals surface area contributed by atoms with Gasteiger partial charge in [0, 0.05) is 32.2 Å². The van der Waals surface area contributed by atoms with Crippen LogP contribution in [0.4, 0.5) is 5.95 Å². The molecular formula is C17H28N4O3. The van der Waals surface area contributed by atoms with Crippen molar-refractivity contribution in [1.82, 2.24) is 14.9 Å². The molecule has 1 aromatic rings. The van der Waals surface area contributed by atoms with Gasteiger partial charge in [0.1, 0.15) is 0 Å². The summed E-state index contributed by atoms with van der Waals surface area (Å²) >= 11 is 0. The van der Waals surface area contributed by atoms with Gasteiger partial charge in [-0.25, -0.2) is 0 Å². The van der Waals surface area contributed by atoms with Crippen LogP contribution >= 0.6 is 0 Å². The highest BCUT2D eigenvalue weighted by Crippen LogP contribution is 2.28. The zero-order chi connectivity index (χ0) is 16.9. The van der Waals surface area contributed by atoms with Crippen LogP contribution in [0.25, 0.3) is 0 Å². The number of nitrogens with zero attached hydrogens (tertiary/aromatic N) is 4. The Morgan fingerprint density at radius 2 is 1.62 bits per heavy atom. The van der Waals surface area contributed by atoms with Crippen LogP contribution in [0.15, 0.2) is 6.07 Å². The Labute approximate surface area is 143 Å². The lowest BCUT2D eigenvalue weighted by Crippen LogP contribution is -2.48. The second-order valence-corrected chi connectivity index (χ2v) is 6.47. The zero-order valence-corrected chi connectivity index (χ0v) is 14.9. The van der Waals surface area contributed by atoms with Crippen LogP contribution in [0.3, 0.4) is 0 Å². The second kappa shape index (κ2) is 7.98. The van der Waals surface area contributed by atoms with Gasteiger partial charge in [0.05, 0.1) is 33.5 Å². The van der Waals surface area contributed by atoms with E-state index >= 15 is 0 Å². The van der Waals surface area contributed by atoms with Crippen LogP contribution < -0.4 is 14.4 Å². The summed E-state index contributed by atoms with van der Waals surface area (Å²) in [6, 6.07) is 2.31. The van der Waals surface area contributed by atoms with Crippen LogP contribution in [0.5, 0.6) is 11.8 Å². The molecule has 134 valence electrons. The van der Waals surface area contributed by atoms with Crippen molar-refractivity contribution in [3.63, 3.8) is 0 Å². The first kappa shape index (κ1) is 17.2. The topological polar surface area (TPSA) is 60.0 Å². The number of piperidine rings is 1. The maximum atomic E-state index is 5.47. The van der Waals surface area contributed by atoms with Gasteiger partial charge in [-0.05, 0) is 25.7 Å². The van der Waals surface area contributed by atoms with Crippen molar-refractivity contribution < 1.29 is 14.2 Å². The minimum absolute atomic E-state index is 0.542. The molecule has 7 nitrogen and oxygen atoms in total. The molecule has 1 atom stereocenters. The summed E-state index contributed by atoms with van der Waals surface area (Å²) in [5, 5.41) is 0. The van der Waals surface area contributed by atoms with Crippen LogP contribution in [0.2, 0.25) is 0 Å². The summed E-state index contributed by atoms with van der Waals surface area (Å²) in [4.78, 5) is 13.7. The number of methoxy groups -OCH3 is 2. The number of rotatable bonds is 5. The van der Waals surface area contributed by atoms with Crippen LogP contribution in [-0.2, 0) is 4.74 Å². The number of hydrogen-bond donors (Lipinski definition) is 0. The van der Waals surface area contributed by atoms with Crippen molar-refractivity contribution in [2.45, 2.75) is 25.8 Å². The largest absolute Gasteiger partial charge is 0.481 e. The lowest BCUT2D eigenvalue weighted by molar-refractivity contribution is 0.00446. The lowest BCUT2D eigenvalue weighted by atomic mass is 9.89. The first-order valence-electron chi connectivity index (χ1n) is 8.75. The van der Waals surface area contributed by atoms with Gasteiger partial charge in [-0.1, -0.05) is 0 Å². The van der Waals surface area contributed by atoms with Gasteiger partial charge >= 0.3 is 0 Å². The van der Waals surface area contributed by atoms with Crippen molar-refractivity contribution in [3.05, 3.63) is 6.07 Å². The molecule has 1 aromatic heterocycles. The summed E-state index contributed by atoms with van der Waals surface area (Å²) in [6.07, 6.45) is 2.31. The quantitative estimate of drug-likeness (QED) is 0.806. The van der Waals surface area contributed by atoms with Crippen LogP contribution in [0.1, 0.15) is 19.8 Å². The Morgan fingerprint density at radius 1 is 1.04 bits per heavy atom. The first-order valence-corrected chi connectivity index (χ1v) is 8.75. The molecule has 0 aliphatic carbocycles. The Bertz CT molecular complexity index is 506. The Balaban J connectivity index is 1.60. The van der Waals surface area contributed by atoms with E-state index in [1.165, 1.54) is 0 Å². The third-order valence-corrected chi connectivity index (χ3v) is 5.21. The fourth-order valence-electron chi connectivity index (χ4n) is 3.61. The molecule has 3 heterocycles. The van der Waals surface area contributed by atoms with E-state index in [-0.39, 0.29) is 0 Å². The monoisotopic (exact) mass is 336 g/mol. The third kappa shape index (κ3) is 3.89. The average molecular weight is 336 g/mol.